The van der Waals surface area contributed by atoms with Gasteiger partial charge in [-0.25, -0.2) is 9.78 Å². The van der Waals surface area contributed by atoms with Crippen molar-refractivity contribution >= 4 is 27.5 Å². The summed E-state index contributed by atoms with van der Waals surface area (Å²) in [5, 5.41) is 0.432. The van der Waals surface area contributed by atoms with E-state index >= 15 is 0 Å². The molecule has 0 radical (unpaired) electrons. The standard InChI is InChI=1S/C20H23N3O5S/c1-12-16-18(24)21-15(22-19(16)29-17(12)20(25)27-4)11-23(2)9-10-28-14-8-6-5-7-13(14)26-3/h5-8H,9-11H2,1-4H3,(H,21,22,24). The van der Waals surface area contributed by atoms with E-state index in [0.29, 0.717) is 57.7 Å². The molecule has 3 aromatic rings. The molecule has 0 fully saturated rings. The molecule has 0 saturated heterocycles. The van der Waals surface area contributed by atoms with Gasteiger partial charge in [-0.2, -0.15) is 0 Å². The second-order valence-electron chi connectivity index (χ2n) is 6.48. The number of hydrogen-bond acceptors (Lipinski definition) is 8. The maximum Gasteiger partial charge on any atom is 0.348 e. The van der Waals surface area contributed by atoms with Gasteiger partial charge in [-0.3, -0.25) is 9.69 Å². The molecule has 2 aromatic heterocycles. The summed E-state index contributed by atoms with van der Waals surface area (Å²) in [6.07, 6.45) is 0. The first-order valence-electron chi connectivity index (χ1n) is 8.99. The Morgan fingerprint density at radius 1 is 1.24 bits per heavy atom. The number of likely N-dealkylation sites (N-methyl/N-ethyl adjacent to an activating group) is 1. The number of nitrogens with zero attached hydrogens (tertiary/aromatic N) is 2. The normalized spacial score (nSPS) is 11.1. The number of H-pyrrole nitrogens is 1. The van der Waals surface area contributed by atoms with Crippen molar-refractivity contribution in [1.82, 2.24) is 14.9 Å². The van der Waals surface area contributed by atoms with Crippen molar-refractivity contribution in [3.8, 4) is 11.5 Å². The highest BCUT2D eigenvalue weighted by Gasteiger charge is 2.20. The molecule has 0 aliphatic rings. The highest BCUT2D eigenvalue weighted by atomic mass is 32.1. The molecule has 1 N–H and O–H groups in total. The van der Waals surface area contributed by atoms with Gasteiger partial charge in [-0.05, 0) is 31.7 Å². The number of aromatic amines is 1. The summed E-state index contributed by atoms with van der Waals surface area (Å²) >= 11 is 1.17. The summed E-state index contributed by atoms with van der Waals surface area (Å²) < 4.78 is 15.8. The molecule has 0 bridgehead atoms. The third kappa shape index (κ3) is 4.57. The van der Waals surface area contributed by atoms with Crippen LogP contribution in [0.3, 0.4) is 0 Å². The first-order valence-corrected chi connectivity index (χ1v) is 9.81. The molecule has 3 rings (SSSR count). The van der Waals surface area contributed by atoms with Crippen LogP contribution in [0.1, 0.15) is 21.1 Å². The second-order valence-corrected chi connectivity index (χ2v) is 7.48. The van der Waals surface area contributed by atoms with E-state index in [9.17, 15) is 9.59 Å². The molecule has 29 heavy (non-hydrogen) atoms. The fourth-order valence-corrected chi connectivity index (χ4v) is 4.05. The van der Waals surface area contributed by atoms with Crippen LogP contribution in [0.15, 0.2) is 29.1 Å². The number of nitrogens with one attached hydrogen (secondary N) is 1. The van der Waals surface area contributed by atoms with E-state index in [4.69, 9.17) is 14.2 Å². The number of thiophene rings is 1. The number of carbonyl (C=O) groups is 1. The van der Waals surface area contributed by atoms with Crippen LogP contribution in [0.25, 0.3) is 10.2 Å². The summed E-state index contributed by atoms with van der Waals surface area (Å²) in [4.78, 5) is 34.6. The van der Waals surface area contributed by atoms with Gasteiger partial charge in [0.2, 0.25) is 0 Å². The monoisotopic (exact) mass is 417 g/mol. The second kappa shape index (κ2) is 9.06. The van der Waals surface area contributed by atoms with Crippen LogP contribution in [0.5, 0.6) is 11.5 Å². The SMILES string of the molecule is COC(=O)c1sc2nc(CN(C)CCOc3ccccc3OC)[nH]c(=O)c2c1C. The topological polar surface area (TPSA) is 93.8 Å². The molecule has 1 aromatic carbocycles. The lowest BCUT2D eigenvalue weighted by Crippen LogP contribution is -2.26. The highest BCUT2D eigenvalue weighted by Crippen LogP contribution is 2.28. The Labute approximate surface area is 172 Å². The number of hydrogen-bond donors (Lipinski definition) is 1. The summed E-state index contributed by atoms with van der Waals surface area (Å²) in [5.41, 5.74) is 0.336. The maximum atomic E-state index is 12.5. The van der Waals surface area contributed by atoms with Crippen LogP contribution >= 0.6 is 11.3 Å². The molecule has 8 nitrogen and oxygen atoms in total. The number of aryl methyl sites for hydroxylation is 1. The molecule has 9 heteroatoms. The largest absolute Gasteiger partial charge is 0.493 e. The van der Waals surface area contributed by atoms with Gasteiger partial charge in [0.25, 0.3) is 5.56 Å². The average molecular weight is 417 g/mol. The van der Waals surface area contributed by atoms with Crippen LogP contribution in [-0.2, 0) is 11.3 Å². The quantitative estimate of drug-likeness (QED) is 0.563. The van der Waals surface area contributed by atoms with Crippen molar-refractivity contribution in [2.45, 2.75) is 13.5 Å². The van der Waals surface area contributed by atoms with Crippen molar-refractivity contribution in [3.63, 3.8) is 0 Å². The van der Waals surface area contributed by atoms with Crippen LogP contribution < -0.4 is 15.0 Å². The average Bonchev–Trinajstić information content (AvgIpc) is 3.04. The zero-order valence-corrected chi connectivity index (χ0v) is 17.6. The van der Waals surface area contributed by atoms with Gasteiger partial charge in [-0.1, -0.05) is 12.1 Å². The van der Waals surface area contributed by atoms with Crippen LogP contribution in [0, 0.1) is 6.92 Å². The van der Waals surface area contributed by atoms with Crippen molar-refractivity contribution < 1.29 is 19.0 Å². The van der Waals surface area contributed by atoms with E-state index < -0.39 is 5.97 Å². The molecule has 2 heterocycles. The van der Waals surface area contributed by atoms with Crippen LogP contribution in [-0.4, -0.2) is 55.3 Å². The zero-order valence-electron chi connectivity index (χ0n) is 16.8. The number of ether oxygens (including phenoxy) is 3. The first kappa shape index (κ1) is 20.8. The molecule has 0 unspecified atom stereocenters. The molecular weight excluding hydrogens is 394 g/mol. The minimum atomic E-state index is -0.461. The van der Waals surface area contributed by atoms with Gasteiger partial charge < -0.3 is 19.2 Å². The van der Waals surface area contributed by atoms with Gasteiger partial charge in [0, 0.05) is 6.54 Å². The Morgan fingerprint density at radius 2 is 1.97 bits per heavy atom. The molecule has 0 amide bonds. The van der Waals surface area contributed by atoms with Gasteiger partial charge in [0.05, 0.1) is 26.2 Å². The number of carbonyl (C=O) groups excluding carboxylic acids is 1. The molecular formula is C20H23N3O5S. The van der Waals surface area contributed by atoms with E-state index in [2.05, 4.69) is 9.97 Å². The Bertz CT molecular complexity index is 1080. The lowest BCUT2D eigenvalue weighted by atomic mass is 10.2. The third-order valence-electron chi connectivity index (χ3n) is 4.44. The minimum Gasteiger partial charge on any atom is -0.493 e. The van der Waals surface area contributed by atoms with Crippen LogP contribution in [0.2, 0.25) is 0 Å². The summed E-state index contributed by atoms with van der Waals surface area (Å²) in [5.74, 6) is 1.43. The van der Waals surface area contributed by atoms with Crippen LogP contribution in [0.4, 0.5) is 0 Å². The summed E-state index contributed by atoms with van der Waals surface area (Å²) in [6.45, 7) is 3.23. The lowest BCUT2D eigenvalue weighted by Gasteiger charge is -2.17. The molecule has 154 valence electrons. The van der Waals surface area contributed by atoms with Crippen molar-refractivity contribution in [2.75, 3.05) is 34.4 Å². The highest BCUT2D eigenvalue weighted by molar-refractivity contribution is 7.20. The number of aromatic nitrogens is 2. The van der Waals surface area contributed by atoms with E-state index in [1.165, 1.54) is 18.4 Å². The fraction of sp³-hybridized carbons (Fsp3) is 0.350. The van der Waals surface area contributed by atoms with Gasteiger partial charge >= 0.3 is 5.97 Å². The predicted molar refractivity (Wildman–Crippen MR) is 111 cm³/mol. The molecule has 0 atom stereocenters. The van der Waals surface area contributed by atoms with Crippen molar-refractivity contribution in [3.05, 3.63) is 50.9 Å². The van der Waals surface area contributed by atoms with Gasteiger partial charge in [0.15, 0.2) is 11.5 Å². The maximum absolute atomic E-state index is 12.5. The number of para-hydroxylation sites is 2. The first-order chi connectivity index (χ1) is 13.9. The number of fused-ring (bicyclic) bond motifs is 1. The Hall–Kier alpha value is -2.91. The molecule has 0 aliphatic carbocycles. The fourth-order valence-electron chi connectivity index (χ4n) is 2.93. The van der Waals surface area contributed by atoms with E-state index in [1.807, 2.05) is 36.2 Å². The zero-order chi connectivity index (χ0) is 21.0. The Balaban J connectivity index is 1.68. The predicted octanol–water partition coefficient (Wildman–Crippen LogP) is 2.60. The molecule has 0 aliphatic heterocycles. The van der Waals surface area contributed by atoms with Crippen molar-refractivity contribution in [2.24, 2.45) is 0 Å². The molecule has 0 spiro atoms. The van der Waals surface area contributed by atoms with Crippen molar-refractivity contribution in [1.29, 1.82) is 0 Å². The Kier molecular flexibility index (Phi) is 6.50. The smallest absolute Gasteiger partial charge is 0.348 e. The number of methoxy groups -OCH3 is 2. The van der Waals surface area contributed by atoms with E-state index in [1.54, 1.807) is 14.0 Å². The summed E-state index contributed by atoms with van der Waals surface area (Å²) in [6, 6.07) is 7.46. The number of benzene rings is 1. The Morgan fingerprint density at radius 3 is 2.66 bits per heavy atom. The van der Waals surface area contributed by atoms with Gasteiger partial charge in [0.1, 0.15) is 22.1 Å². The lowest BCUT2D eigenvalue weighted by molar-refractivity contribution is 0.0605. The van der Waals surface area contributed by atoms with E-state index in [-0.39, 0.29) is 5.56 Å². The minimum absolute atomic E-state index is 0.257. The third-order valence-corrected chi connectivity index (χ3v) is 5.61. The van der Waals surface area contributed by atoms with Gasteiger partial charge in [-0.15, -0.1) is 11.3 Å². The number of esters is 1. The summed E-state index contributed by atoms with van der Waals surface area (Å²) in [7, 11) is 4.83. The number of rotatable bonds is 8. The molecule has 0 saturated carbocycles. The van der Waals surface area contributed by atoms with E-state index in [0.717, 1.165) is 0 Å².